The van der Waals surface area contributed by atoms with E-state index in [1.807, 2.05) is 18.2 Å². The average Bonchev–Trinajstić information content (AvgIpc) is 3.10. The summed E-state index contributed by atoms with van der Waals surface area (Å²) < 4.78 is 16.6. The summed E-state index contributed by atoms with van der Waals surface area (Å²) in [6.07, 6.45) is 0.381. The van der Waals surface area contributed by atoms with Gasteiger partial charge in [0.25, 0.3) is 0 Å². The van der Waals surface area contributed by atoms with E-state index < -0.39 is 0 Å². The molecule has 27 heavy (non-hydrogen) atoms. The quantitative estimate of drug-likeness (QED) is 0.655. The van der Waals surface area contributed by atoms with Gasteiger partial charge in [0.2, 0.25) is 5.89 Å². The Labute approximate surface area is 157 Å². The number of morpholine rings is 1. The minimum atomic E-state index is -0.384. The van der Waals surface area contributed by atoms with Crippen LogP contribution in [0.3, 0.4) is 0 Å². The summed E-state index contributed by atoms with van der Waals surface area (Å²) in [4.78, 5) is 18.6. The highest BCUT2D eigenvalue weighted by molar-refractivity contribution is 5.91. The van der Waals surface area contributed by atoms with E-state index in [0.717, 1.165) is 35.4 Å². The van der Waals surface area contributed by atoms with Gasteiger partial charge >= 0.3 is 5.97 Å². The molecule has 0 aliphatic carbocycles. The Hall–Kier alpha value is -2.86. The van der Waals surface area contributed by atoms with Gasteiger partial charge in [-0.2, -0.15) is 0 Å². The molecule has 0 bridgehead atoms. The van der Waals surface area contributed by atoms with E-state index in [4.69, 9.17) is 13.9 Å². The SMILES string of the molecule is COC(=O)c1cccc(-c2nc3ccc(N4CC(C)OC(C)C4)cc3o2)c1. The molecule has 0 N–H and O–H groups in total. The van der Waals surface area contributed by atoms with E-state index in [0.29, 0.717) is 11.5 Å². The van der Waals surface area contributed by atoms with Crippen LogP contribution in [0.15, 0.2) is 46.9 Å². The number of nitrogens with zero attached hydrogens (tertiary/aromatic N) is 2. The number of ether oxygens (including phenoxy) is 2. The topological polar surface area (TPSA) is 64.8 Å². The molecule has 4 rings (SSSR count). The Morgan fingerprint density at radius 3 is 2.67 bits per heavy atom. The Morgan fingerprint density at radius 2 is 1.93 bits per heavy atom. The molecule has 1 saturated heterocycles. The van der Waals surface area contributed by atoms with E-state index in [9.17, 15) is 4.79 Å². The van der Waals surface area contributed by atoms with Crippen molar-refractivity contribution in [2.75, 3.05) is 25.1 Å². The van der Waals surface area contributed by atoms with E-state index in [2.05, 4.69) is 29.8 Å². The van der Waals surface area contributed by atoms with Crippen LogP contribution in [-0.2, 0) is 9.47 Å². The van der Waals surface area contributed by atoms with Gasteiger partial charge < -0.3 is 18.8 Å². The van der Waals surface area contributed by atoms with Crippen LogP contribution in [0.2, 0.25) is 0 Å². The standard InChI is InChI=1S/C21H22N2O4/c1-13-11-23(12-14(2)26-13)17-7-8-18-19(10-17)27-20(22-18)15-5-4-6-16(9-15)21(24)25-3/h4-10,13-14H,11-12H2,1-3H3. The molecule has 2 atom stereocenters. The predicted octanol–water partition coefficient (Wildman–Crippen LogP) is 3.90. The van der Waals surface area contributed by atoms with E-state index >= 15 is 0 Å². The van der Waals surface area contributed by atoms with Crippen molar-refractivity contribution in [1.82, 2.24) is 4.98 Å². The lowest BCUT2D eigenvalue weighted by atomic mass is 10.1. The summed E-state index contributed by atoms with van der Waals surface area (Å²) in [5.41, 5.74) is 3.80. The number of rotatable bonds is 3. The number of fused-ring (bicyclic) bond motifs is 1. The summed E-state index contributed by atoms with van der Waals surface area (Å²) in [7, 11) is 1.36. The number of esters is 1. The molecule has 0 amide bonds. The third-order valence-corrected chi connectivity index (χ3v) is 4.69. The minimum absolute atomic E-state index is 0.191. The molecule has 2 heterocycles. The lowest BCUT2D eigenvalue weighted by Crippen LogP contribution is -2.45. The van der Waals surface area contributed by atoms with Gasteiger partial charge in [0.05, 0.1) is 24.9 Å². The molecule has 2 unspecified atom stereocenters. The zero-order valence-electron chi connectivity index (χ0n) is 15.6. The largest absolute Gasteiger partial charge is 0.465 e. The van der Waals surface area contributed by atoms with Gasteiger partial charge in [-0.15, -0.1) is 0 Å². The van der Waals surface area contributed by atoms with Gasteiger partial charge in [-0.05, 0) is 44.2 Å². The van der Waals surface area contributed by atoms with Crippen LogP contribution in [0, 0.1) is 0 Å². The van der Waals surface area contributed by atoms with Crippen LogP contribution in [-0.4, -0.2) is 43.4 Å². The molecule has 0 radical (unpaired) electrons. The normalized spacial score (nSPS) is 20.0. The van der Waals surface area contributed by atoms with Gasteiger partial charge in [0.15, 0.2) is 5.58 Å². The zero-order chi connectivity index (χ0) is 19.0. The van der Waals surface area contributed by atoms with Crippen LogP contribution in [0.5, 0.6) is 0 Å². The van der Waals surface area contributed by atoms with E-state index in [1.165, 1.54) is 7.11 Å². The van der Waals surface area contributed by atoms with E-state index in [1.54, 1.807) is 18.2 Å². The smallest absolute Gasteiger partial charge is 0.337 e. The van der Waals surface area contributed by atoms with Crippen LogP contribution < -0.4 is 4.90 Å². The molecule has 1 aliphatic rings. The Morgan fingerprint density at radius 1 is 1.15 bits per heavy atom. The fourth-order valence-corrected chi connectivity index (χ4v) is 3.52. The van der Waals surface area contributed by atoms with Crippen LogP contribution in [0.4, 0.5) is 5.69 Å². The number of oxazole rings is 1. The first-order valence-corrected chi connectivity index (χ1v) is 9.03. The van der Waals surface area contributed by atoms with Crippen molar-refractivity contribution >= 4 is 22.8 Å². The highest BCUT2D eigenvalue weighted by atomic mass is 16.5. The molecule has 6 nitrogen and oxygen atoms in total. The third-order valence-electron chi connectivity index (χ3n) is 4.69. The molecule has 1 fully saturated rings. The van der Waals surface area contributed by atoms with Gasteiger partial charge in [-0.25, -0.2) is 9.78 Å². The Bertz CT molecular complexity index is 971. The first-order chi connectivity index (χ1) is 13.0. The Balaban J connectivity index is 1.66. The zero-order valence-corrected chi connectivity index (χ0v) is 15.6. The van der Waals surface area contributed by atoms with Crippen molar-refractivity contribution in [3.63, 3.8) is 0 Å². The van der Waals surface area contributed by atoms with Gasteiger partial charge in [-0.1, -0.05) is 6.07 Å². The van der Waals surface area contributed by atoms with Gasteiger partial charge in [0.1, 0.15) is 5.52 Å². The number of hydrogen-bond donors (Lipinski definition) is 0. The summed E-state index contributed by atoms with van der Waals surface area (Å²) in [5.74, 6) is 0.0995. The lowest BCUT2D eigenvalue weighted by Gasteiger charge is -2.36. The summed E-state index contributed by atoms with van der Waals surface area (Å²) >= 11 is 0. The number of aromatic nitrogens is 1. The third kappa shape index (κ3) is 3.53. The highest BCUT2D eigenvalue weighted by Crippen LogP contribution is 2.29. The molecule has 0 saturated carbocycles. The van der Waals surface area contributed by atoms with Crippen LogP contribution >= 0.6 is 0 Å². The van der Waals surface area contributed by atoms with Crippen molar-refractivity contribution in [2.24, 2.45) is 0 Å². The maximum atomic E-state index is 11.8. The fourth-order valence-electron chi connectivity index (χ4n) is 3.52. The molecule has 2 aromatic carbocycles. The second-order valence-electron chi connectivity index (χ2n) is 6.91. The second kappa shape index (κ2) is 7.04. The number of hydrogen-bond acceptors (Lipinski definition) is 6. The van der Waals surface area contributed by atoms with Crippen LogP contribution in [0.1, 0.15) is 24.2 Å². The Kier molecular flexibility index (Phi) is 4.58. The molecule has 3 aromatic rings. The monoisotopic (exact) mass is 366 g/mol. The number of methoxy groups -OCH3 is 1. The van der Waals surface area contributed by atoms with Crippen molar-refractivity contribution in [3.05, 3.63) is 48.0 Å². The van der Waals surface area contributed by atoms with Gasteiger partial charge in [0, 0.05) is 30.4 Å². The van der Waals surface area contributed by atoms with Crippen molar-refractivity contribution in [1.29, 1.82) is 0 Å². The lowest BCUT2D eigenvalue weighted by molar-refractivity contribution is -0.00521. The van der Waals surface area contributed by atoms with Crippen molar-refractivity contribution < 1.29 is 18.7 Å². The second-order valence-corrected chi connectivity index (χ2v) is 6.91. The minimum Gasteiger partial charge on any atom is -0.465 e. The maximum absolute atomic E-state index is 11.8. The predicted molar refractivity (Wildman–Crippen MR) is 103 cm³/mol. The summed E-state index contributed by atoms with van der Waals surface area (Å²) in [6, 6.07) is 13.1. The van der Waals surface area contributed by atoms with E-state index in [-0.39, 0.29) is 18.2 Å². The first-order valence-electron chi connectivity index (χ1n) is 9.03. The molecule has 140 valence electrons. The molecule has 0 spiro atoms. The molecule has 1 aliphatic heterocycles. The highest BCUT2D eigenvalue weighted by Gasteiger charge is 2.23. The van der Waals surface area contributed by atoms with Gasteiger partial charge in [-0.3, -0.25) is 0 Å². The molecular weight excluding hydrogens is 344 g/mol. The number of anilines is 1. The molecule has 1 aromatic heterocycles. The first kappa shape index (κ1) is 17.5. The molecular formula is C21H22N2O4. The average molecular weight is 366 g/mol. The number of carbonyl (C=O) groups excluding carboxylic acids is 1. The number of carbonyl (C=O) groups is 1. The van der Waals surface area contributed by atoms with Crippen LogP contribution in [0.25, 0.3) is 22.6 Å². The van der Waals surface area contributed by atoms with Crippen molar-refractivity contribution in [3.8, 4) is 11.5 Å². The molecule has 6 heteroatoms. The number of benzene rings is 2. The van der Waals surface area contributed by atoms with Crippen molar-refractivity contribution in [2.45, 2.75) is 26.1 Å². The summed E-state index contributed by atoms with van der Waals surface area (Å²) in [5, 5.41) is 0. The maximum Gasteiger partial charge on any atom is 0.337 e. The fraction of sp³-hybridized carbons (Fsp3) is 0.333. The summed E-state index contributed by atoms with van der Waals surface area (Å²) in [6.45, 7) is 5.86.